The molecule has 0 atom stereocenters. The average Bonchev–Trinajstić information content (AvgIpc) is 3.30. The van der Waals surface area contributed by atoms with E-state index in [1.54, 1.807) is 26.0 Å². The van der Waals surface area contributed by atoms with Gasteiger partial charge in [0.15, 0.2) is 0 Å². The molecule has 3 rings (SSSR count). The number of hydrogen-bond acceptors (Lipinski definition) is 9. The second kappa shape index (κ2) is 12.7. The van der Waals surface area contributed by atoms with Crippen molar-refractivity contribution in [2.75, 3.05) is 26.3 Å². The van der Waals surface area contributed by atoms with Crippen LogP contribution in [0.4, 0.5) is 0 Å². The van der Waals surface area contributed by atoms with Gasteiger partial charge >= 0.3 is 25.2 Å². The third kappa shape index (κ3) is 6.91. The van der Waals surface area contributed by atoms with Crippen LogP contribution in [0.25, 0.3) is 11.0 Å². The van der Waals surface area contributed by atoms with Crippen molar-refractivity contribution in [1.29, 1.82) is 0 Å². The third-order valence-electron chi connectivity index (χ3n) is 6.36. The van der Waals surface area contributed by atoms with E-state index < -0.39 is 19.7 Å². The molecule has 38 heavy (non-hydrogen) atoms. The summed E-state index contributed by atoms with van der Waals surface area (Å²) >= 11 is 0. The van der Waals surface area contributed by atoms with Crippen molar-refractivity contribution >= 4 is 36.2 Å². The Balaban J connectivity index is 1.98. The van der Waals surface area contributed by atoms with Crippen LogP contribution >= 0.6 is 7.79 Å². The van der Waals surface area contributed by atoms with Crippen LogP contribution in [0.3, 0.4) is 0 Å². The van der Waals surface area contributed by atoms with Crippen LogP contribution in [0.1, 0.15) is 61.4 Å². The molecule has 9 nitrogen and oxygen atoms in total. The van der Waals surface area contributed by atoms with E-state index in [0.717, 1.165) is 33.2 Å². The number of carbonyl (C=O) groups is 2. The molecule has 0 saturated heterocycles. The molecule has 206 valence electrons. The maximum Gasteiger partial charge on any atom is 0.354 e. The number of hydrogen-bond donors (Lipinski definition) is 4. The lowest BCUT2D eigenvalue weighted by Gasteiger charge is -2.17. The molecule has 0 spiro atoms. The first-order chi connectivity index (χ1) is 18.0. The van der Waals surface area contributed by atoms with E-state index in [1.165, 1.54) is 0 Å². The molecule has 0 unspecified atom stereocenters. The second-order valence-electron chi connectivity index (χ2n) is 9.43. The minimum Gasteiger partial charge on any atom is -0.508 e. The minimum atomic E-state index is -3.49. The molecular weight excluding hydrogens is 507 g/mol. The van der Waals surface area contributed by atoms with Crippen LogP contribution in [0, 0.1) is 13.8 Å². The lowest BCUT2D eigenvalue weighted by Crippen LogP contribution is -2.40. The van der Waals surface area contributed by atoms with Gasteiger partial charge in [0.1, 0.15) is 24.4 Å². The number of carbonyl (C=O) groups excluding carboxylic acids is 2. The highest BCUT2D eigenvalue weighted by Gasteiger charge is 2.45. The highest BCUT2D eigenvalue weighted by atomic mass is 31.2. The van der Waals surface area contributed by atoms with Crippen LogP contribution in [-0.4, -0.2) is 48.2 Å². The van der Waals surface area contributed by atoms with Gasteiger partial charge in [0.25, 0.3) is 0 Å². The normalized spacial score (nSPS) is 11.8. The van der Waals surface area contributed by atoms with E-state index in [2.05, 4.69) is 10.2 Å². The van der Waals surface area contributed by atoms with Crippen LogP contribution in [-0.2, 0) is 25.5 Å². The van der Waals surface area contributed by atoms with E-state index in [0.29, 0.717) is 17.8 Å². The third-order valence-corrected chi connectivity index (χ3v) is 8.45. The van der Waals surface area contributed by atoms with Crippen LogP contribution < -0.4 is 15.7 Å². The van der Waals surface area contributed by atoms with Crippen molar-refractivity contribution < 1.29 is 33.5 Å². The predicted octanol–water partition coefficient (Wildman–Crippen LogP) is 4.16. The fourth-order valence-corrected chi connectivity index (χ4v) is 6.03. The standard InChI is InChI=1S/C28H37N2O7P/c1-7-35-26(32)15-29-38(34,30-16-27(33)36-8-2)28-14-23-19(6)22(18(5)11-25(23)37-28)13-20-9-10-24(31)21(12-20)17(3)4/h9-12,14,17,29-30,34H,7-8,13,15-16H2,1-6H3/p+1. The summed E-state index contributed by atoms with van der Waals surface area (Å²) in [4.78, 5) is 35.5. The van der Waals surface area contributed by atoms with Crippen LogP contribution in [0.5, 0.6) is 5.75 Å². The molecule has 0 aliphatic rings. The monoisotopic (exact) mass is 545 g/mol. The number of phenols is 1. The average molecular weight is 546 g/mol. The Morgan fingerprint density at radius 1 is 1.00 bits per heavy atom. The molecule has 0 aliphatic carbocycles. The first-order valence-electron chi connectivity index (χ1n) is 12.8. The van der Waals surface area contributed by atoms with Crippen molar-refractivity contribution in [2.45, 2.75) is 53.9 Å². The molecule has 3 aromatic rings. The molecule has 1 heterocycles. The fourth-order valence-electron chi connectivity index (χ4n) is 4.34. The smallest absolute Gasteiger partial charge is 0.354 e. The SMILES string of the molecule is CCOC(=O)CN[P+](O)(NCC(=O)OCC)c1cc2c(C)c(Cc3ccc(O)c(C(C)C)c3)c(C)cc2o1. The zero-order chi connectivity index (χ0) is 28.0. The van der Waals surface area contributed by atoms with Gasteiger partial charge in [-0.1, -0.05) is 26.0 Å². The van der Waals surface area contributed by atoms with Crippen molar-refractivity contribution in [3.05, 3.63) is 58.1 Å². The summed E-state index contributed by atoms with van der Waals surface area (Å²) in [6.07, 6.45) is 0.662. The Kier molecular flexibility index (Phi) is 9.90. The predicted molar refractivity (Wildman–Crippen MR) is 149 cm³/mol. The molecule has 2 aromatic carbocycles. The fraction of sp³-hybridized carbons (Fsp3) is 0.429. The van der Waals surface area contributed by atoms with E-state index >= 15 is 0 Å². The van der Waals surface area contributed by atoms with Gasteiger partial charge in [-0.25, -0.2) is 4.89 Å². The van der Waals surface area contributed by atoms with E-state index in [4.69, 9.17) is 13.9 Å². The highest BCUT2D eigenvalue weighted by Crippen LogP contribution is 2.46. The van der Waals surface area contributed by atoms with Gasteiger partial charge in [-0.2, -0.15) is 0 Å². The summed E-state index contributed by atoms with van der Waals surface area (Å²) in [5.41, 5.74) is 5.91. The summed E-state index contributed by atoms with van der Waals surface area (Å²) < 4.78 is 16.0. The lowest BCUT2D eigenvalue weighted by molar-refractivity contribution is -0.142. The minimum absolute atomic E-state index is 0.196. The number of aryl methyl sites for hydroxylation is 2. The summed E-state index contributed by atoms with van der Waals surface area (Å²) in [6, 6.07) is 9.36. The van der Waals surface area contributed by atoms with Crippen LogP contribution in [0.15, 0.2) is 34.7 Å². The van der Waals surface area contributed by atoms with Crippen LogP contribution in [0.2, 0.25) is 0 Å². The number of esters is 2. The maximum absolute atomic E-state index is 12.0. The largest absolute Gasteiger partial charge is 0.508 e. The molecule has 0 amide bonds. The summed E-state index contributed by atoms with van der Waals surface area (Å²) in [5, 5.41) is 16.7. The molecule has 0 radical (unpaired) electrons. The van der Waals surface area contributed by atoms with Gasteiger partial charge in [-0.3, -0.25) is 9.59 Å². The van der Waals surface area contributed by atoms with Crippen molar-refractivity contribution in [3.8, 4) is 5.75 Å². The highest BCUT2D eigenvalue weighted by molar-refractivity contribution is 7.73. The zero-order valence-electron chi connectivity index (χ0n) is 22.9. The molecule has 0 bridgehead atoms. The van der Waals surface area contributed by atoms with Crippen molar-refractivity contribution in [3.63, 3.8) is 0 Å². The van der Waals surface area contributed by atoms with Crippen molar-refractivity contribution in [1.82, 2.24) is 10.2 Å². The van der Waals surface area contributed by atoms with Gasteiger partial charge in [-0.15, -0.1) is 10.2 Å². The Morgan fingerprint density at radius 2 is 1.61 bits per heavy atom. The van der Waals surface area contributed by atoms with Gasteiger partial charge in [-0.05, 0) is 80.0 Å². The number of nitrogens with one attached hydrogen (secondary N) is 2. The molecule has 10 heteroatoms. The molecular formula is C28H38N2O7P+. The van der Waals surface area contributed by atoms with E-state index in [9.17, 15) is 19.6 Å². The number of furan rings is 1. The molecule has 0 aliphatic heterocycles. The number of ether oxygens (including phenoxy) is 2. The number of rotatable bonds is 12. The number of fused-ring (bicyclic) bond motifs is 1. The summed E-state index contributed by atoms with van der Waals surface area (Å²) in [7, 11) is -3.49. The lowest BCUT2D eigenvalue weighted by atomic mass is 9.91. The van der Waals surface area contributed by atoms with E-state index in [-0.39, 0.29) is 37.7 Å². The first kappa shape index (κ1) is 29.6. The quantitative estimate of drug-likeness (QED) is 0.196. The number of aromatic hydroxyl groups is 1. The Hall–Kier alpha value is -2.97. The van der Waals surface area contributed by atoms with Gasteiger partial charge < -0.3 is 19.0 Å². The maximum atomic E-state index is 12.0. The molecule has 0 fully saturated rings. The summed E-state index contributed by atoms with van der Waals surface area (Å²) in [5.74, 6) is -0.587. The summed E-state index contributed by atoms with van der Waals surface area (Å²) in [6.45, 7) is 11.4. The Bertz CT molecular complexity index is 1280. The Labute approximate surface area is 224 Å². The number of benzene rings is 2. The Morgan fingerprint density at radius 3 is 2.16 bits per heavy atom. The van der Waals surface area contributed by atoms with Crippen molar-refractivity contribution in [2.24, 2.45) is 0 Å². The van der Waals surface area contributed by atoms with E-state index in [1.807, 2.05) is 45.9 Å². The van der Waals surface area contributed by atoms with Gasteiger partial charge in [0, 0.05) is 11.5 Å². The molecule has 1 aromatic heterocycles. The number of phenolic OH excluding ortho intramolecular Hbond substituents is 1. The zero-order valence-corrected chi connectivity index (χ0v) is 23.8. The topological polar surface area (TPSA) is 130 Å². The molecule has 0 saturated carbocycles. The molecule has 4 N–H and O–H groups in total. The van der Waals surface area contributed by atoms with Gasteiger partial charge in [0.2, 0.25) is 0 Å². The second-order valence-corrected chi connectivity index (χ2v) is 11.8. The first-order valence-corrected chi connectivity index (χ1v) is 14.5. The van der Waals surface area contributed by atoms with Gasteiger partial charge in [0.05, 0.1) is 13.2 Å².